The number of rotatable bonds is 2. The fourth-order valence-electron chi connectivity index (χ4n) is 7.01. The molecule has 4 aliphatic heterocycles. The Labute approximate surface area is 262 Å². The van der Waals surface area contributed by atoms with E-state index in [-0.39, 0.29) is 6.04 Å². The van der Waals surface area contributed by atoms with Gasteiger partial charge in [-0.3, -0.25) is 0 Å². The van der Waals surface area contributed by atoms with Gasteiger partial charge in [-0.2, -0.15) is 0 Å². The summed E-state index contributed by atoms with van der Waals surface area (Å²) in [6.07, 6.45) is 19.7. The van der Waals surface area contributed by atoms with Gasteiger partial charge in [0.2, 0.25) is 0 Å². The number of hydrogen-bond donors (Lipinski definition) is 2. The number of ether oxygens (including phenoxy) is 2. The van der Waals surface area contributed by atoms with E-state index in [1.165, 1.54) is 5.57 Å². The van der Waals surface area contributed by atoms with Crippen LogP contribution in [0.3, 0.4) is 0 Å². The quantitative estimate of drug-likeness (QED) is 0.217. The molecule has 9 rings (SSSR count). The zero-order chi connectivity index (χ0) is 29.7. The van der Waals surface area contributed by atoms with Gasteiger partial charge in [-0.1, -0.05) is 91.1 Å². The normalized spacial score (nSPS) is 20.2. The Balaban J connectivity index is 1.24. The van der Waals surface area contributed by atoms with E-state index in [1.54, 1.807) is 0 Å². The second-order valence-corrected chi connectivity index (χ2v) is 11.7. The molecular formula is C40H31N3O2. The number of allylic oxidation sites excluding steroid dienone is 5. The van der Waals surface area contributed by atoms with E-state index in [2.05, 4.69) is 119 Å². The first-order chi connectivity index (χ1) is 22.3. The minimum absolute atomic E-state index is 0.190. The minimum atomic E-state index is 0.190. The molecule has 5 heteroatoms. The molecule has 218 valence electrons. The van der Waals surface area contributed by atoms with Crippen molar-refractivity contribution in [1.82, 2.24) is 10.6 Å². The Kier molecular flexibility index (Phi) is 6.01. The maximum absolute atomic E-state index is 6.95. The van der Waals surface area contributed by atoms with Gasteiger partial charge in [-0.25, -0.2) is 0 Å². The van der Waals surface area contributed by atoms with E-state index in [1.807, 2.05) is 36.4 Å². The van der Waals surface area contributed by atoms with E-state index < -0.39 is 0 Å². The molecule has 0 bridgehead atoms. The summed E-state index contributed by atoms with van der Waals surface area (Å²) in [5.41, 5.74) is 8.45. The first-order valence-electron chi connectivity index (χ1n) is 15.5. The summed E-state index contributed by atoms with van der Waals surface area (Å²) < 4.78 is 13.8. The zero-order valence-electron chi connectivity index (χ0n) is 24.6. The van der Waals surface area contributed by atoms with Crippen molar-refractivity contribution in [2.75, 3.05) is 18.0 Å². The molecule has 2 unspecified atom stereocenters. The van der Waals surface area contributed by atoms with Crippen molar-refractivity contribution in [2.24, 2.45) is 5.92 Å². The summed E-state index contributed by atoms with van der Waals surface area (Å²) in [7, 11) is 0. The number of hydrogen-bond acceptors (Lipinski definition) is 5. The Morgan fingerprint density at radius 1 is 0.622 bits per heavy atom. The third-order valence-corrected chi connectivity index (χ3v) is 9.10. The molecule has 5 aliphatic rings. The van der Waals surface area contributed by atoms with Crippen LogP contribution in [0.15, 0.2) is 151 Å². The number of dihydropyridines is 2. The molecule has 0 spiro atoms. The zero-order valence-corrected chi connectivity index (χ0v) is 24.6. The third-order valence-electron chi connectivity index (χ3n) is 9.10. The number of nitrogens with zero attached hydrogens (tertiary/aromatic N) is 1. The molecule has 0 radical (unpaired) electrons. The molecule has 0 saturated carbocycles. The molecular weight excluding hydrogens is 554 g/mol. The van der Waals surface area contributed by atoms with Gasteiger partial charge in [0, 0.05) is 69.8 Å². The highest BCUT2D eigenvalue weighted by Crippen LogP contribution is 2.49. The number of nitrogens with one attached hydrogen (secondary N) is 2. The average Bonchev–Trinajstić information content (AvgIpc) is 3.44. The van der Waals surface area contributed by atoms with Gasteiger partial charge in [-0.15, -0.1) is 0 Å². The van der Waals surface area contributed by atoms with Crippen molar-refractivity contribution in [2.45, 2.75) is 6.04 Å². The molecule has 45 heavy (non-hydrogen) atoms. The lowest BCUT2D eigenvalue weighted by Crippen LogP contribution is -2.37. The topological polar surface area (TPSA) is 45.8 Å². The van der Waals surface area contributed by atoms with Crippen LogP contribution < -0.4 is 25.0 Å². The van der Waals surface area contributed by atoms with Crippen LogP contribution in [-0.4, -0.2) is 19.1 Å². The highest BCUT2D eigenvalue weighted by molar-refractivity contribution is 5.85. The predicted molar refractivity (Wildman–Crippen MR) is 181 cm³/mol. The van der Waals surface area contributed by atoms with Crippen molar-refractivity contribution in [3.05, 3.63) is 157 Å². The maximum Gasteiger partial charge on any atom is 0.137 e. The van der Waals surface area contributed by atoms with Crippen LogP contribution in [0.5, 0.6) is 23.0 Å². The molecule has 1 aliphatic carbocycles. The van der Waals surface area contributed by atoms with Crippen molar-refractivity contribution < 1.29 is 9.47 Å². The average molecular weight is 586 g/mol. The van der Waals surface area contributed by atoms with Crippen molar-refractivity contribution in [1.29, 1.82) is 0 Å². The van der Waals surface area contributed by atoms with Gasteiger partial charge >= 0.3 is 0 Å². The molecule has 5 nitrogen and oxygen atoms in total. The standard InChI is InChI=1S/C40H31N3O2/c1-4-15-35-28(10-1)33-13-9-23-42-40(33)43(35)27-19-21-32-31-20-18-26(34-14-7-8-22-41-34)24-38(31)44-36-16-5-2-11-29(36)30-12-3-6-17-37(30)45-39(32)25-27/h1-21,24-25,28,35,41-42H,22-23H2. The minimum Gasteiger partial charge on any atom is -0.456 e. The SMILES string of the molecule is C1=CCNC(c2ccc3c(c2)Oc2ccccc2-c2ccccc2Oc2cc(N4C5=C(C=CCN5)C5C=CC=CC54)ccc2-3)=C1. The number of para-hydroxylation sites is 2. The van der Waals surface area contributed by atoms with Crippen LogP contribution in [0, 0.1) is 5.92 Å². The Morgan fingerprint density at radius 3 is 2.09 bits per heavy atom. The Hall–Kier alpha value is -5.68. The molecule has 0 fully saturated rings. The van der Waals surface area contributed by atoms with E-state index >= 15 is 0 Å². The first-order valence-corrected chi connectivity index (χ1v) is 15.5. The third kappa shape index (κ3) is 4.31. The fraction of sp³-hybridized carbons (Fsp3) is 0.100. The van der Waals surface area contributed by atoms with Crippen LogP contribution >= 0.6 is 0 Å². The van der Waals surface area contributed by atoms with Crippen LogP contribution in [0.4, 0.5) is 5.69 Å². The Morgan fingerprint density at radius 2 is 1.31 bits per heavy atom. The summed E-state index contributed by atoms with van der Waals surface area (Å²) in [6, 6.07) is 29.6. The van der Waals surface area contributed by atoms with E-state index in [4.69, 9.17) is 9.47 Å². The highest BCUT2D eigenvalue weighted by Gasteiger charge is 2.39. The monoisotopic (exact) mass is 585 g/mol. The molecule has 0 aromatic heterocycles. The second-order valence-electron chi connectivity index (χ2n) is 11.7. The first kappa shape index (κ1) is 25.8. The maximum atomic E-state index is 6.95. The van der Waals surface area contributed by atoms with Gasteiger partial charge < -0.3 is 25.0 Å². The fourth-order valence-corrected chi connectivity index (χ4v) is 7.01. The van der Waals surface area contributed by atoms with Crippen molar-refractivity contribution in [3.63, 3.8) is 0 Å². The molecule has 4 aromatic carbocycles. The molecule has 4 heterocycles. The molecule has 2 atom stereocenters. The summed E-state index contributed by atoms with van der Waals surface area (Å²) >= 11 is 0. The highest BCUT2D eigenvalue weighted by atomic mass is 16.5. The van der Waals surface area contributed by atoms with Crippen LogP contribution in [0.25, 0.3) is 28.0 Å². The number of benzene rings is 4. The van der Waals surface area contributed by atoms with E-state index in [0.29, 0.717) is 5.92 Å². The van der Waals surface area contributed by atoms with Crippen LogP contribution in [-0.2, 0) is 0 Å². The van der Waals surface area contributed by atoms with Gasteiger partial charge in [0.05, 0.1) is 6.04 Å². The summed E-state index contributed by atoms with van der Waals surface area (Å²) in [6.45, 7) is 1.61. The lowest BCUT2D eigenvalue weighted by Gasteiger charge is -2.31. The number of anilines is 1. The van der Waals surface area contributed by atoms with Gasteiger partial charge in [-0.05, 0) is 42.5 Å². The van der Waals surface area contributed by atoms with E-state index in [0.717, 1.165) is 81.1 Å². The van der Waals surface area contributed by atoms with Crippen molar-refractivity contribution in [3.8, 4) is 45.3 Å². The van der Waals surface area contributed by atoms with E-state index in [9.17, 15) is 0 Å². The summed E-state index contributed by atoms with van der Waals surface area (Å²) in [5.74, 6) is 4.59. The molecule has 2 N–H and O–H groups in total. The molecule has 0 saturated heterocycles. The van der Waals surface area contributed by atoms with Gasteiger partial charge in [0.1, 0.15) is 28.8 Å². The summed E-state index contributed by atoms with van der Waals surface area (Å²) in [4.78, 5) is 2.42. The van der Waals surface area contributed by atoms with Gasteiger partial charge in [0.15, 0.2) is 0 Å². The largest absolute Gasteiger partial charge is 0.456 e. The predicted octanol–water partition coefficient (Wildman–Crippen LogP) is 8.72. The second kappa shape index (κ2) is 10.5. The smallest absolute Gasteiger partial charge is 0.137 e. The Bertz CT molecular complexity index is 2050. The van der Waals surface area contributed by atoms with Crippen molar-refractivity contribution >= 4 is 11.4 Å². The number of fused-ring (bicyclic) bond motifs is 8. The van der Waals surface area contributed by atoms with Crippen LogP contribution in [0.1, 0.15) is 5.56 Å². The van der Waals surface area contributed by atoms with Crippen LogP contribution in [0.2, 0.25) is 0 Å². The lowest BCUT2D eigenvalue weighted by molar-refractivity contribution is 0.472. The lowest BCUT2D eigenvalue weighted by atomic mass is 9.90. The molecule has 0 amide bonds. The molecule has 4 aromatic rings. The summed E-state index contributed by atoms with van der Waals surface area (Å²) in [5, 5.41) is 7.15. The van der Waals surface area contributed by atoms with Gasteiger partial charge in [0.25, 0.3) is 0 Å².